The lowest BCUT2D eigenvalue weighted by Crippen LogP contribution is -1.90. The van der Waals surface area contributed by atoms with Crippen molar-refractivity contribution in [2.45, 2.75) is 12.7 Å². The van der Waals surface area contributed by atoms with Crippen LogP contribution in [0.2, 0.25) is 0 Å². The predicted molar refractivity (Wildman–Crippen MR) is 53.1 cm³/mol. The van der Waals surface area contributed by atoms with Crippen LogP contribution in [0, 0.1) is 0 Å². The maximum atomic E-state index is 11.2. The molecule has 1 nitrogen and oxygen atoms in total. The summed E-state index contributed by atoms with van der Waals surface area (Å²) in [5.41, 5.74) is 1.12. The van der Waals surface area contributed by atoms with Crippen molar-refractivity contribution in [1.29, 1.82) is 0 Å². The second-order valence-corrected chi connectivity index (χ2v) is 3.80. The van der Waals surface area contributed by atoms with Crippen molar-refractivity contribution >= 4 is 10.8 Å². The highest BCUT2D eigenvalue weighted by Crippen LogP contribution is 2.03. The van der Waals surface area contributed by atoms with E-state index in [4.69, 9.17) is 0 Å². The topological polar surface area (TPSA) is 17.1 Å². The highest BCUT2D eigenvalue weighted by Gasteiger charge is 1.94. The van der Waals surface area contributed by atoms with Crippen molar-refractivity contribution in [3.63, 3.8) is 0 Å². The number of hydrogen-bond acceptors (Lipinski definition) is 1. The molecule has 0 saturated heterocycles. The van der Waals surface area contributed by atoms with Crippen LogP contribution in [0.25, 0.3) is 0 Å². The molecular formula is C10H12OS. The molecule has 1 atom stereocenters. The number of benzene rings is 1. The largest absolute Gasteiger partial charge is 0.255 e. The summed E-state index contributed by atoms with van der Waals surface area (Å²) in [5, 5.41) is 1.72. The lowest BCUT2D eigenvalue weighted by Gasteiger charge is -1.95. The first-order valence-corrected chi connectivity index (χ1v) is 5.25. The molecule has 0 aliphatic heterocycles. The van der Waals surface area contributed by atoms with Crippen molar-refractivity contribution in [2.75, 3.05) is 0 Å². The first-order chi connectivity index (χ1) is 5.83. The molecule has 1 rings (SSSR count). The Bertz CT molecular complexity index is 277. The van der Waals surface area contributed by atoms with Gasteiger partial charge in [-0.1, -0.05) is 36.4 Å². The highest BCUT2D eigenvalue weighted by atomic mass is 32.2. The summed E-state index contributed by atoms with van der Waals surface area (Å²) < 4.78 is 11.2. The Morgan fingerprint density at radius 2 is 2.00 bits per heavy atom. The van der Waals surface area contributed by atoms with E-state index in [1.807, 2.05) is 43.3 Å². The molecule has 1 unspecified atom stereocenters. The molecule has 1 aromatic carbocycles. The van der Waals surface area contributed by atoms with E-state index in [9.17, 15) is 4.21 Å². The molecular weight excluding hydrogens is 168 g/mol. The number of hydrogen-bond donors (Lipinski definition) is 0. The van der Waals surface area contributed by atoms with Crippen LogP contribution in [0.1, 0.15) is 12.5 Å². The quantitative estimate of drug-likeness (QED) is 0.698. The third-order valence-electron chi connectivity index (χ3n) is 1.44. The summed E-state index contributed by atoms with van der Waals surface area (Å²) in [6.45, 7) is 1.88. The van der Waals surface area contributed by atoms with E-state index < -0.39 is 10.8 Å². The molecule has 0 aliphatic carbocycles. The van der Waals surface area contributed by atoms with E-state index in [1.54, 1.807) is 5.41 Å². The van der Waals surface area contributed by atoms with Crippen LogP contribution in [-0.4, -0.2) is 4.21 Å². The summed E-state index contributed by atoms with van der Waals surface area (Å²) in [4.78, 5) is 0. The molecule has 0 fully saturated rings. The second kappa shape index (κ2) is 4.88. The predicted octanol–water partition coefficient (Wildman–Crippen LogP) is 2.47. The number of rotatable bonds is 3. The fourth-order valence-electron chi connectivity index (χ4n) is 0.938. The minimum Gasteiger partial charge on any atom is -0.255 e. The van der Waals surface area contributed by atoms with Crippen molar-refractivity contribution in [1.82, 2.24) is 0 Å². The number of allylic oxidation sites excluding steroid dienone is 1. The normalized spacial score (nSPS) is 13.4. The SMILES string of the molecule is CC=CS(=O)Cc1ccccc1. The molecule has 0 radical (unpaired) electrons. The summed E-state index contributed by atoms with van der Waals surface area (Å²) in [6, 6.07) is 9.86. The van der Waals surface area contributed by atoms with Crippen LogP contribution in [-0.2, 0) is 16.6 Å². The Balaban J connectivity index is 2.59. The van der Waals surface area contributed by atoms with Gasteiger partial charge in [-0.3, -0.25) is 4.21 Å². The van der Waals surface area contributed by atoms with Gasteiger partial charge in [0.2, 0.25) is 0 Å². The molecule has 0 heterocycles. The van der Waals surface area contributed by atoms with Gasteiger partial charge in [0, 0.05) is 10.8 Å². The van der Waals surface area contributed by atoms with Crippen molar-refractivity contribution in [3.05, 3.63) is 47.4 Å². The Morgan fingerprint density at radius 1 is 1.33 bits per heavy atom. The van der Waals surface area contributed by atoms with E-state index in [-0.39, 0.29) is 0 Å². The van der Waals surface area contributed by atoms with Crippen LogP contribution >= 0.6 is 0 Å². The van der Waals surface area contributed by atoms with E-state index in [0.29, 0.717) is 5.75 Å². The summed E-state index contributed by atoms with van der Waals surface area (Å²) in [5.74, 6) is 0.616. The summed E-state index contributed by atoms with van der Waals surface area (Å²) in [6.07, 6.45) is 1.82. The van der Waals surface area contributed by atoms with Crippen LogP contribution in [0.4, 0.5) is 0 Å². The van der Waals surface area contributed by atoms with E-state index in [2.05, 4.69) is 0 Å². The minimum absolute atomic E-state index is 0.616. The Kier molecular flexibility index (Phi) is 3.74. The highest BCUT2D eigenvalue weighted by molar-refractivity contribution is 7.87. The molecule has 64 valence electrons. The standard InChI is InChI=1S/C10H12OS/c1-2-8-12(11)9-10-6-4-3-5-7-10/h2-8H,9H2,1H3. The molecule has 12 heavy (non-hydrogen) atoms. The molecule has 0 N–H and O–H groups in total. The van der Waals surface area contributed by atoms with Crippen LogP contribution in [0.5, 0.6) is 0 Å². The second-order valence-electron chi connectivity index (χ2n) is 2.48. The maximum absolute atomic E-state index is 11.2. The van der Waals surface area contributed by atoms with Gasteiger partial charge in [0.05, 0.1) is 5.75 Å². The fraction of sp³-hybridized carbons (Fsp3) is 0.200. The van der Waals surface area contributed by atoms with Crippen LogP contribution in [0.3, 0.4) is 0 Å². The average molecular weight is 180 g/mol. The van der Waals surface area contributed by atoms with E-state index in [0.717, 1.165) is 5.56 Å². The Hall–Kier alpha value is -0.890. The van der Waals surface area contributed by atoms with Crippen molar-refractivity contribution in [2.24, 2.45) is 0 Å². The molecule has 0 amide bonds. The van der Waals surface area contributed by atoms with Gasteiger partial charge in [-0.2, -0.15) is 0 Å². The van der Waals surface area contributed by atoms with Gasteiger partial charge in [0.25, 0.3) is 0 Å². The van der Waals surface area contributed by atoms with Crippen molar-refractivity contribution in [3.8, 4) is 0 Å². The lowest BCUT2D eigenvalue weighted by molar-refractivity contribution is 0.688. The Labute approximate surface area is 75.6 Å². The molecule has 1 aromatic rings. The monoisotopic (exact) mass is 180 g/mol. The first kappa shape index (κ1) is 9.20. The van der Waals surface area contributed by atoms with Crippen molar-refractivity contribution < 1.29 is 4.21 Å². The first-order valence-electron chi connectivity index (χ1n) is 3.87. The minimum atomic E-state index is -0.852. The lowest BCUT2D eigenvalue weighted by atomic mass is 10.2. The summed E-state index contributed by atoms with van der Waals surface area (Å²) in [7, 11) is -0.852. The zero-order chi connectivity index (χ0) is 8.81. The third kappa shape index (κ3) is 3.01. The average Bonchev–Trinajstić information content (AvgIpc) is 2.06. The molecule has 0 spiro atoms. The van der Waals surface area contributed by atoms with Gasteiger partial charge < -0.3 is 0 Å². The van der Waals surface area contributed by atoms with Gasteiger partial charge in [0.1, 0.15) is 0 Å². The van der Waals surface area contributed by atoms with Gasteiger partial charge in [-0.05, 0) is 17.9 Å². The fourth-order valence-corrected chi connectivity index (χ4v) is 1.86. The molecule has 0 aromatic heterocycles. The molecule has 2 heteroatoms. The molecule has 0 aliphatic rings. The zero-order valence-corrected chi connectivity index (χ0v) is 7.88. The van der Waals surface area contributed by atoms with Gasteiger partial charge in [-0.15, -0.1) is 0 Å². The zero-order valence-electron chi connectivity index (χ0n) is 7.07. The van der Waals surface area contributed by atoms with Gasteiger partial charge in [0.15, 0.2) is 0 Å². The smallest absolute Gasteiger partial charge is 0.0526 e. The molecule has 0 saturated carbocycles. The van der Waals surface area contributed by atoms with Gasteiger partial charge in [-0.25, -0.2) is 0 Å². The van der Waals surface area contributed by atoms with Crippen LogP contribution < -0.4 is 0 Å². The van der Waals surface area contributed by atoms with E-state index >= 15 is 0 Å². The maximum Gasteiger partial charge on any atom is 0.0526 e. The third-order valence-corrected chi connectivity index (χ3v) is 2.63. The van der Waals surface area contributed by atoms with Gasteiger partial charge >= 0.3 is 0 Å². The molecule has 0 bridgehead atoms. The van der Waals surface area contributed by atoms with Crippen LogP contribution in [0.15, 0.2) is 41.8 Å². The Morgan fingerprint density at radius 3 is 2.58 bits per heavy atom. The summed E-state index contributed by atoms with van der Waals surface area (Å²) >= 11 is 0. The van der Waals surface area contributed by atoms with E-state index in [1.165, 1.54) is 0 Å².